The number of nitrogens with one attached hydrogen (secondary N) is 2. The largest absolute Gasteiger partial charge is 0.494 e. The van der Waals surface area contributed by atoms with E-state index >= 15 is 0 Å². The molecule has 3 N–H and O–H groups in total. The first-order valence-electron chi connectivity index (χ1n) is 10.7. The molecule has 8 heteroatoms. The van der Waals surface area contributed by atoms with E-state index in [0.717, 1.165) is 65.4 Å². The first-order chi connectivity index (χ1) is 15.6. The highest BCUT2D eigenvalue weighted by atomic mass is 16.3. The number of hydrogen-bond acceptors (Lipinski definition) is 7. The summed E-state index contributed by atoms with van der Waals surface area (Å²) in [6.07, 6.45) is 7.08. The zero-order chi connectivity index (χ0) is 22.1. The maximum Gasteiger partial charge on any atom is 0.198 e. The molecule has 1 fully saturated rings. The highest BCUT2D eigenvalue weighted by Crippen LogP contribution is 2.32. The van der Waals surface area contributed by atoms with Gasteiger partial charge in [-0.2, -0.15) is 0 Å². The minimum atomic E-state index is 0.0773. The lowest BCUT2D eigenvalue weighted by atomic mass is 10.0. The van der Waals surface area contributed by atoms with Crippen molar-refractivity contribution in [3.05, 3.63) is 60.2 Å². The summed E-state index contributed by atoms with van der Waals surface area (Å²) in [5, 5.41) is 14.8. The van der Waals surface area contributed by atoms with Gasteiger partial charge in [0.15, 0.2) is 5.88 Å². The van der Waals surface area contributed by atoms with Crippen molar-refractivity contribution < 1.29 is 5.11 Å². The molecule has 0 radical (unpaired) electrons. The predicted molar refractivity (Wildman–Crippen MR) is 127 cm³/mol. The monoisotopic (exact) mass is 427 g/mol. The van der Waals surface area contributed by atoms with Crippen LogP contribution in [0.25, 0.3) is 22.2 Å². The summed E-state index contributed by atoms with van der Waals surface area (Å²) < 4.78 is 0. The molecule has 8 nitrogen and oxygen atoms in total. The third-order valence-electron chi connectivity index (χ3n) is 5.81. The third-order valence-corrected chi connectivity index (χ3v) is 5.81. The van der Waals surface area contributed by atoms with E-state index in [1.54, 1.807) is 18.6 Å². The van der Waals surface area contributed by atoms with E-state index in [1.807, 2.05) is 44.3 Å². The average molecular weight is 428 g/mol. The van der Waals surface area contributed by atoms with Crippen molar-refractivity contribution in [1.29, 1.82) is 0 Å². The van der Waals surface area contributed by atoms with Crippen LogP contribution in [0.1, 0.15) is 18.1 Å². The van der Waals surface area contributed by atoms with Crippen LogP contribution in [0.2, 0.25) is 0 Å². The van der Waals surface area contributed by atoms with Crippen LogP contribution >= 0.6 is 0 Å². The van der Waals surface area contributed by atoms with Gasteiger partial charge in [0, 0.05) is 49.5 Å². The maximum absolute atomic E-state index is 10.6. The van der Waals surface area contributed by atoms with Crippen LogP contribution in [-0.2, 0) is 0 Å². The molecule has 0 saturated carbocycles. The Labute approximate surface area is 186 Å². The number of H-pyrrole nitrogens is 1. The van der Waals surface area contributed by atoms with Crippen LogP contribution in [0.15, 0.2) is 54.0 Å². The second-order valence-corrected chi connectivity index (χ2v) is 7.96. The van der Waals surface area contributed by atoms with Crippen molar-refractivity contribution in [2.45, 2.75) is 13.8 Å². The molecule has 0 spiro atoms. The molecule has 1 aliphatic heterocycles. The van der Waals surface area contributed by atoms with Gasteiger partial charge in [0.25, 0.3) is 0 Å². The molecule has 1 aliphatic rings. The fourth-order valence-corrected chi connectivity index (χ4v) is 4.10. The quantitative estimate of drug-likeness (QED) is 0.430. The number of aryl methyl sites for hydroxylation is 1. The molecule has 5 rings (SSSR count). The van der Waals surface area contributed by atoms with Gasteiger partial charge in [-0.25, -0.2) is 4.98 Å². The van der Waals surface area contributed by atoms with E-state index in [0.29, 0.717) is 11.3 Å². The number of nitrogens with zero attached hydrogens (tertiary/aromatic N) is 5. The Morgan fingerprint density at radius 1 is 1.09 bits per heavy atom. The molecule has 0 atom stereocenters. The number of piperazine rings is 1. The van der Waals surface area contributed by atoms with Crippen LogP contribution in [-0.4, -0.2) is 56.9 Å². The summed E-state index contributed by atoms with van der Waals surface area (Å²) in [4.78, 5) is 23.4. The normalized spacial score (nSPS) is 14.8. The fraction of sp³-hybridized carbons (Fsp3) is 0.250. The van der Waals surface area contributed by atoms with Gasteiger partial charge in [-0.15, -0.1) is 0 Å². The first kappa shape index (κ1) is 20.1. The van der Waals surface area contributed by atoms with E-state index in [1.165, 1.54) is 0 Å². The Morgan fingerprint density at radius 2 is 1.94 bits per heavy atom. The zero-order valence-electron chi connectivity index (χ0n) is 18.1. The maximum atomic E-state index is 10.6. The molecule has 0 unspecified atom stereocenters. The van der Waals surface area contributed by atoms with Crippen LogP contribution < -0.4 is 10.2 Å². The number of anilines is 1. The van der Waals surface area contributed by atoms with Crippen molar-refractivity contribution in [3.63, 3.8) is 0 Å². The third kappa shape index (κ3) is 3.80. The molecule has 0 aliphatic carbocycles. The number of aromatic nitrogens is 4. The van der Waals surface area contributed by atoms with E-state index in [9.17, 15) is 5.11 Å². The average Bonchev–Trinajstić information content (AvgIpc) is 3.15. The standard InChI is InChI=1S/C24H25N7O/c1-15-5-6-26-13-19(15)20-11-18-21(14-27-20)30-24(32)23(18)16(2)29-17-3-4-22(28-12-17)31-9-7-25-8-10-31/h3-6,11-14,25,30,32H,7-10H2,1-2H3. The molecule has 0 amide bonds. The Kier molecular flexibility index (Phi) is 5.28. The predicted octanol–water partition coefficient (Wildman–Crippen LogP) is 3.58. The molecule has 4 aromatic heterocycles. The van der Waals surface area contributed by atoms with Crippen molar-refractivity contribution >= 4 is 28.1 Å². The highest BCUT2D eigenvalue weighted by Gasteiger charge is 2.16. The van der Waals surface area contributed by atoms with Gasteiger partial charge < -0.3 is 20.3 Å². The van der Waals surface area contributed by atoms with E-state index in [4.69, 9.17) is 4.99 Å². The SMILES string of the molecule is CC(=Nc1ccc(N2CCNCC2)nc1)c1c(O)[nH]c2cnc(-c3cnccc3C)cc12. The number of aliphatic imine (C=N–C) groups is 1. The van der Waals surface area contributed by atoms with E-state index < -0.39 is 0 Å². The van der Waals surface area contributed by atoms with Crippen molar-refractivity contribution in [1.82, 2.24) is 25.3 Å². The minimum Gasteiger partial charge on any atom is -0.494 e. The lowest BCUT2D eigenvalue weighted by Crippen LogP contribution is -2.43. The molecular formula is C24H25N7O. The van der Waals surface area contributed by atoms with Gasteiger partial charge in [-0.05, 0) is 43.7 Å². The Morgan fingerprint density at radius 3 is 2.69 bits per heavy atom. The number of aromatic amines is 1. The Balaban J connectivity index is 1.49. The van der Waals surface area contributed by atoms with Gasteiger partial charge in [0.2, 0.25) is 0 Å². The van der Waals surface area contributed by atoms with Crippen molar-refractivity contribution in [3.8, 4) is 17.1 Å². The van der Waals surface area contributed by atoms with Crippen LogP contribution in [0, 0.1) is 6.92 Å². The molecule has 4 aromatic rings. The minimum absolute atomic E-state index is 0.0773. The zero-order valence-corrected chi connectivity index (χ0v) is 18.1. The molecule has 32 heavy (non-hydrogen) atoms. The molecular weight excluding hydrogens is 402 g/mol. The van der Waals surface area contributed by atoms with E-state index in [-0.39, 0.29) is 5.88 Å². The van der Waals surface area contributed by atoms with Gasteiger partial charge >= 0.3 is 0 Å². The summed E-state index contributed by atoms with van der Waals surface area (Å²) in [7, 11) is 0. The number of rotatable bonds is 4. The van der Waals surface area contributed by atoms with Crippen LogP contribution in [0.3, 0.4) is 0 Å². The smallest absolute Gasteiger partial charge is 0.198 e. The number of pyridine rings is 3. The van der Waals surface area contributed by atoms with Gasteiger partial charge in [0.1, 0.15) is 5.82 Å². The Hall–Kier alpha value is -3.78. The van der Waals surface area contributed by atoms with Gasteiger partial charge in [-0.3, -0.25) is 15.0 Å². The van der Waals surface area contributed by atoms with Crippen LogP contribution in [0.5, 0.6) is 5.88 Å². The number of fused-ring (bicyclic) bond motifs is 1. The summed E-state index contributed by atoms with van der Waals surface area (Å²) >= 11 is 0. The molecule has 5 heterocycles. The van der Waals surface area contributed by atoms with Gasteiger partial charge in [-0.1, -0.05) is 0 Å². The number of aromatic hydroxyl groups is 1. The lowest BCUT2D eigenvalue weighted by molar-refractivity contribution is 0.457. The lowest BCUT2D eigenvalue weighted by Gasteiger charge is -2.28. The molecule has 162 valence electrons. The summed E-state index contributed by atoms with van der Waals surface area (Å²) in [5.41, 5.74) is 5.72. The molecule has 0 aromatic carbocycles. The molecule has 0 bridgehead atoms. The van der Waals surface area contributed by atoms with E-state index in [2.05, 4.69) is 30.2 Å². The van der Waals surface area contributed by atoms with Crippen molar-refractivity contribution in [2.24, 2.45) is 4.99 Å². The fourth-order valence-electron chi connectivity index (χ4n) is 4.10. The summed E-state index contributed by atoms with van der Waals surface area (Å²) in [6.45, 7) is 7.76. The van der Waals surface area contributed by atoms with Gasteiger partial charge in [0.05, 0.1) is 40.6 Å². The highest BCUT2D eigenvalue weighted by molar-refractivity contribution is 6.13. The Bertz CT molecular complexity index is 1290. The number of hydrogen-bond donors (Lipinski definition) is 3. The topological polar surface area (TPSA) is 102 Å². The van der Waals surface area contributed by atoms with Crippen molar-refractivity contribution in [2.75, 3.05) is 31.1 Å². The summed E-state index contributed by atoms with van der Waals surface area (Å²) in [5.74, 6) is 1.04. The second-order valence-electron chi connectivity index (χ2n) is 7.96. The summed E-state index contributed by atoms with van der Waals surface area (Å²) in [6, 6.07) is 7.89. The second kappa shape index (κ2) is 8.39. The van der Waals surface area contributed by atoms with Crippen LogP contribution in [0.4, 0.5) is 11.5 Å². The first-order valence-corrected chi connectivity index (χ1v) is 10.7. The molecule has 1 saturated heterocycles.